The predicted molar refractivity (Wildman–Crippen MR) is 101 cm³/mol. The smallest absolute Gasteiger partial charge is 0.253 e. The van der Waals surface area contributed by atoms with Crippen molar-refractivity contribution in [2.75, 3.05) is 0 Å². The Kier molecular flexibility index (Phi) is 4.52. The zero-order chi connectivity index (χ0) is 18.0. The first-order chi connectivity index (χ1) is 12.0. The fraction of sp³-hybridized carbons (Fsp3) is 0.143. The van der Waals surface area contributed by atoms with Gasteiger partial charge in [0.05, 0.1) is 5.56 Å². The molecule has 0 heterocycles. The minimum absolute atomic E-state index is 0.307. The van der Waals surface area contributed by atoms with E-state index in [1.165, 1.54) is 0 Å². The maximum absolute atomic E-state index is 13.0. The van der Waals surface area contributed by atoms with Crippen molar-refractivity contribution in [3.8, 4) is 0 Å². The van der Waals surface area contributed by atoms with Crippen molar-refractivity contribution < 1.29 is 9.59 Å². The molecule has 0 aliphatic heterocycles. The molecule has 1 atom stereocenters. The molecule has 126 valence electrons. The Morgan fingerprint density at radius 1 is 1.04 bits per heavy atom. The molecule has 0 saturated carbocycles. The molecule has 0 unspecified atom stereocenters. The largest absolute Gasteiger partial charge is 0.368 e. The van der Waals surface area contributed by atoms with Crippen LogP contribution in [0.1, 0.15) is 23.7 Å². The molecular weight excluding hydrogens is 312 g/mol. The van der Waals surface area contributed by atoms with Crippen LogP contribution in [0.5, 0.6) is 0 Å². The monoisotopic (exact) mass is 332 g/mol. The van der Waals surface area contributed by atoms with E-state index in [-0.39, 0.29) is 5.91 Å². The number of hydrogen-bond acceptors (Lipinski definition) is 2. The molecule has 3 aromatic rings. The summed E-state index contributed by atoms with van der Waals surface area (Å²) >= 11 is 0. The van der Waals surface area contributed by atoms with Crippen LogP contribution in [0.3, 0.4) is 0 Å². The van der Waals surface area contributed by atoms with Gasteiger partial charge >= 0.3 is 0 Å². The first-order valence-electron chi connectivity index (χ1n) is 8.12. The number of hydrogen-bond donors (Lipinski definition) is 2. The number of rotatable bonds is 5. The normalized spacial score (nSPS) is 12.0. The van der Waals surface area contributed by atoms with Crippen LogP contribution in [-0.2, 0) is 4.79 Å². The van der Waals surface area contributed by atoms with Crippen molar-refractivity contribution in [2.24, 2.45) is 5.73 Å². The van der Waals surface area contributed by atoms with Gasteiger partial charge in [-0.1, -0.05) is 54.1 Å². The minimum Gasteiger partial charge on any atom is -0.368 e. The first kappa shape index (κ1) is 16.7. The van der Waals surface area contributed by atoms with E-state index >= 15 is 0 Å². The Labute approximate surface area is 146 Å². The molecule has 0 aromatic heterocycles. The van der Waals surface area contributed by atoms with E-state index < -0.39 is 11.9 Å². The Hall–Kier alpha value is -3.14. The summed E-state index contributed by atoms with van der Waals surface area (Å²) in [4.78, 5) is 24.7. The lowest BCUT2D eigenvalue weighted by molar-refractivity contribution is -0.119. The highest BCUT2D eigenvalue weighted by atomic mass is 16.2. The molecule has 0 aliphatic rings. The van der Waals surface area contributed by atoms with Crippen molar-refractivity contribution in [2.45, 2.75) is 19.4 Å². The number of fused-ring (bicyclic) bond motifs is 2. The molecule has 0 aliphatic carbocycles. The lowest BCUT2D eigenvalue weighted by Gasteiger charge is -2.17. The van der Waals surface area contributed by atoms with E-state index in [1.54, 1.807) is 6.92 Å². The third-order valence-electron chi connectivity index (χ3n) is 4.20. The first-order valence-corrected chi connectivity index (χ1v) is 8.12. The maximum Gasteiger partial charge on any atom is 0.253 e. The number of primary amides is 1. The average Bonchev–Trinajstić information content (AvgIpc) is 2.58. The average molecular weight is 332 g/mol. The number of nitrogens with one attached hydrogen (secondary N) is 1. The maximum atomic E-state index is 13.0. The van der Waals surface area contributed by atoms with Crippen LogP contribution in [0.15, 0.2) is 66.7 Å². The summed E-state index contributed by atoms with van der Waals surface area (Å²) in [6, 6.07) is 16.7. The minimum atomic E-state index is -0.775. The van der Waals surface area contributed by atoms with Gasteiger partial charge in [0.2, 0.25) is 5.91 Å². The molecule has 2 amide bonds. The van der Waals surface area contributed by atoms with Crippen LogP contribution in [0, 0.1) is 0 Å². The molecule has 0 fully saturated rings. The number of amides is 2. The van der Waals surface area contributed by atoms with Crippen molar-refractivity contribution in [1.82, 2.24) is 5.32 Å². The Morgan fingerprint density at radius 2 is 1.56 bits per heavy atom. The summed E-state index contributed by atoms with van der Waals surface area (Å²) in [6.45, 7) is 5.60. The zero-order valence-electron chi connectivity index (χ0n) is 14.1. The van der Waals surface area contributed by atoms with Gasteiger partial charge in [-0.25, -0.2) is 0 Å². The molecule has 0 bridgehead atoms. The molecule has 3 aromatic carbocycles. The molecular formula is C21H20N2O2. The van der Waals surface area contributed by atoms with Crippen LogP contribution < -0.4 is 11.1 Å². The van der Waals surface area contributed by atoms with Crippen LogP contribution in [0.4, 0.5) is 0 Å². The molecule has 25 heavy (non-hydrogen) atoms. The van der Waals surface area contributed by atoms with Crippen LogP contribution in [0.25, 0.3) is 21.5 Å². The number of benzene rings is 3. The fourth-order valence-electron chi connectivity index (χ4n) is 3.06. The Morgan fingerprint density at radius 3 is 2.04 bits per heavy atom. The highest BCUT2D eigenvalue weighted by Crippen LogP contribution is 2.28. The number of carbonyl (C=O) groups excluding carboxylic acids is 2. The lowest BCUT2D eigenvalue weighted by Crippen LogP contribution is -2.44. The second-order valence-corrected chi connectivity index (χ2v) is 6.28. The van der Waals surface area contributed by atoms with E-state index in [1.807, 2.05) is 48.5 Å². The highest BCUT2D eigenvalue weighted by molar-refractivity contribution is 6.18. The van der Waals surface area contributed by atoms with Gasteiger partial charge in [0, 0.05) is 0 Å². The van der Waals surface area contributed by atoms with Crippen LogP contribution in [0.2, 0.25) is 0 Å². The molecule has 4 heteroatoms. The molecule has 4 nitrogen and oxygen atoms in total. The summed E-state index contributed by atoms with van der Waals surface area (Å²) in [5, 5.41) is 6.41. The van der Waals surface area contributed by atoms with Crippen molar-refractivity contribution in [3.63, 3.8) is 0 Å². The van der Waals surface area contributed by atoms with E-state index in [0.29, 0.717) is 12.0 Å². The summed E-state index contributed by atoms with van der Waals surface area (Å²) in [6.07, 6.45) is 0.323. The van der Waals surface area contributed by atoms with E-state index in [0.717, 1.165) is 27.1 Å². The van der Waals surface area contributed by atoms with Gasteiger partial charge in [-0.15, -0.1) is 6.58 Å². The lowest BCUT2D eigenvalue weighted by atomic mass is 9.96. The van der Waals surface area contributed by atoms with Crippen LogP contribution >= 0.6 is 0 Å². The topological polar surface area (TPSA) is 72.2 Å². The quantitative estimate of drug-likeness (QED) is 0.554. The molecule has 3 rings (SSSR count). The molecule has 0 radical (unpaired) electrons. The van der Waals surface area contributed by atoms with Crippen molar-refractivity contribution in [1.29, 1.82) is 0 Å². The zero-order valence-corrected chi connectivity index (χ0v) is 14.1. The second kappa shape index (κ2) is 6.77. The van der Waals surface area contributed by atoms with Gasteiger partial charge < -0.3 is 11.1 Å². The predicted octanol–water partition coefficient (Wildman–Crippen LogP) is 3.54. The molecule has 3 N–H and O–H groups in total. The summed E-state index contributed by atoms with van der Waals surface area (Å²) in [7, 11) is 0. The van der Waals surface area contributed by atoms with Gasteiger partial charge in [-0.3, -0.25) is 9.59 Å². The number of nitrogens with two attached hydrogens (primary N) is 1. The fourth-order valence-corrected chi connectivity index (χ4v) is 3.06. The Balaban J connectivity index is 2.13. The van der Waals surface area contributed by atoms with Crippen molar-refractivity contribution >= 4 is 33.4 Å². The van der Waals surface area contributed by atoms with E-state index in [2.05, 4.69) is 18.0 Å². The third kappa shape index (κ3) is 3.38. The summed E-state index contributed by atoms with van der Waals surface area (Å²) in [5.41, 5.74) is 6.78. The SMILES string of the molecule is C=C(C)C[C@@H](NC(=O)c1c2ccccc2cc2ccccc12)C(N)=O. The second-order valence-electron chi connectivity index (χ2n) is 6.28. The van der Waals surface area contributed by atoms with Crippen LogP contribution in [-0.4, -0.2) is 17.9 Å². The Bertz CT molecular complexity index is 938. The summed E-state index contributed by atoms with van der Waals surface area (Å²) in [5.74, 6) is -0.876. The van der Waals surface area contributed by atoms with Crippen molar-refractivity contribution in [3.05, 3.63) is 72.3 Å². The van der Waals surface area contributed by atoms with E-state index in [4.69, 9.17) is 5.73 Å². The van der Waals surface area contributed by atoms with Gasteiger partial charge in [0.1, 0.15) is 6.04 Å². The molecule has 0 spiro atoms. The van der Waals surface area contributed by atoms with Gasteiger partial charge in [0.15, 0.2) is 0 Å². The van der Waals surface area contributed by atoms with Gasteiger partial charge in [0.25, 0.3) is 5.91 Å². The van der Waals surface area contributed by atoms with Gasteiger partial charge in [-0.05, 0) is 41.0 Å². The highest BCUT2D eigenvalue weighted by Gasteiger charge is 2.21. The summed E-state index contributed by atoms with van der Waals surface area (Å²) < 4.78 is 0. The van der Waals surface area contributed by atoms with E-state index in [9.17, 15) is 9.59 Å². The number of carbonyl (C=O) groups is 2. The third-order valence-corrected chi connectivity index (χ3v) is 4.20. The van der Waals surface area contributed by atoms with Gasteiger partial charge in [-0.2, -0.15) is 0 Å². The molecule has 0 saturated heterocycles. The standard InChI is InChI=1S/C21H20N2O2/c1-13(2)11-18(20(22)24)23-21(25)19-16-9-5-3-7-14(16)12-15-8-4-6-10-17(15)19/h3-10,12,18H,1,11H2,2H3,(H2,22,24)(H,23,25)/t18-/m1/s1.